The SMILES string of the molecule is CC1(C)C=Cc2c(ccc3c2N=C2C(C)(C)/C=C\N4C(=O)C5=CCCN5C(=O)C4CC23O)O1. The van der Waals surface area contributed by atoms with E-state index in [1.165, 1.54) is 4.90 Å². The van der Waals surface area contributed by atoms with Gasteiger partial charge in [0.1, 0.15) is 28.7 Å². The molecule has 2 atom stereocenters. The van der Waals surface area contributed by atoms with Gasteiger partial charge in [-0.1, -0.05) is 26.0 Å². The van der Waals surface area contributed by atoms with Gasteiger partial charge in [0, 0.05) is 35.7 Å². The summed E-state index contributed by atoms with van der Waals surface area (Å²) in [6.07, 6.45) is 10.1. The summed E-state index contributed by atoms with van der Waals surface area (Å²) in [5.41, 5.74) is 0.602. The number of fused-ring (bicyclic) bond motifs is 7. The van der Waals surface area contributed by atoms with Gasteiger partial charge in [0.25, 0.3) is 5.91 Å². The van der Waals surface area contributed by atoms with Crippen molar-refractivity contribution in [2.24, 2.45) is 10.4 Å². The zero-order valence-corrected chi connectivity index (χ0v) is 19.3. The highest BCUT2D eigenvalue weighted by molar-refractivity contribution is 6.09. The quantitative estimate of drug-likeness (QED) is 0.664. The minimum atomic E-state index is -1.49. The van der Waals surface area contributed by atoms with E-state index in [0.717, 1.165) is 5.56 Å². The summed E-state index contributed by atoms with van der Waals surface area (Å²) >= 11 is 0. The molecule has 0 aliphatic carbocycles. The summed E-state index contributed by atoms with van der Waals surface area (Å²) in [7, 11) is 0. The van der Waals surface area contributed by atoms with E-state index >= 15 is 0 Å². The molecule has 5 aliphatic heterocycles. The third-order valence-electron chi connectivity index (χ3n) is 7.33. The minimum Gasteiger partial charge on any atom is -0.483 e. The Morgan fingerprint density at radius 1 is 1.15 bits per heavy atom. The highest BCUT2D eigenvalue weighted by Crippen LogP contribution is 2.53. The lowest BCUT2D eigenvalue weighted by Crippen LogP contribution is -2.59. The fourth-order valence-corrected chi connectivity index (χ4v) is 5.66. The van der Waals surface area contributed by atoms with Gasteiger partial charge in [-0.3, -0.25) is 14.6 Å². The Morgan fingerprint density at radius 3 is 2.73 bits per heavy atom. The van der Waals surface area contributed by atoms with E-state index in [1.54, 1.807) is 11.1 Å². The van der Waals surface area contributed by atoms with Gasteiger partial charge in [0.15, 0.2) is 0 Å². The molecule has 33 heavy (non-hydrogen) atoms. The van der Waals surface area contributed by atoms with Crippen LogP contribution in [0.2, 0.25) is 0 Å². The minimum absolute atomic E-state index is 0.0514. The summed E-state index contributed by atoms with van der Waals surface area (Å²) in [4.78, 5) is 34.7. The summed E-state index contributed by atoms with van der Waals surface area (Å²) in [6, 6.07) is 2.91. The van der Waals surface area contributed by atoms with E-state index in [0.29, 0.717) is 41.4 Å². The molecule has 5 aliphatic rings. The normalized spacial score (nSPS) is 31.2. The molecule has 0 radical (unpaired) electrons. The number of amides is 2. The number of piperazine rings is 1. The van der Waals surface area contributed by atoms with E-state index in [2.05, 4.69) is 0 Å². The summed E-state index contributed by atoms with van der Waals surface area (Å²) < 4.78 is 6.12. The van der Waals surface area contributed by atoms with Crippen LogP contribution in [0.4, 0.5) is 5.69 Å². The van der Waals surface area contributed by atoms with Crippen molar-refractivity contribution < 1.29 is 19.4 Å². The Balaban J connectivity index is 1.52. The molecule has 2 unspecified atom stereocenters. The molecule has 1 fully saturated rings. The molecule has 5 heterocycles. The lowest BCUT2D eigenvalue weighted by Gasteiger charge is -2.44. The largest absolute Gasteiger partial charge is 0.483 e. The van der Waals surface area contributed by atoms with Gasteiger partial charge in [-0.15, -0.1) is 0 Å². The molecule has 170 valence electrons. The van der Waals surface area contributed by atoms with Crippen LogP contribution in [0, 0.1) is 5.41 Å². The molecule has 1 aromatic rings. The van der Waals surface area contributed by atoms with Crippen molar-refractivity contribution in [1.29, 1.82) is 0 Å². The zero-order chi connectivity index (χ0) is 23.3. The first-order chi connectivity index (χ1) is 15.5. The number of hydrogen-bond acceptors (Lipinski definition) is 5. The van der Waals surface area contributed by atoms with Crippen LogP contribution < -0.4 is 4.74 Å². The van der Waals surface area contributed by atoms with Gasteiger partial charge >= 0.3 is 0 Å². The molecule has 0 aromatic heterocycles. The number of hydrogen-bond donors (Lipinski definition) is 1. The Hall–Kier alpha value is -3.19. The first-order valence-corrected chi connectivity index (χ1v) is 11.4. The van der Waals surface area contributed by atoms with Crippen LogP contribution in [0.3, 0.4) is 0 Å². The number of ether oxygens (including phenoxy) is 1. The van der Waals surface area contributed by atoms with Gasteiger partial charge in [-0.2, -0.15) is 0 Å². The number of carbonyl (C=O) groups excluding carboxylic acids is 2. The van der Waals surface area contributed by atoms with E-state index in [1.807, 2.05) is 64.1 Å². The topological polar surface area (TPSA) is 82.4 Å². The van der Waals surface area contributed by atoms with Gasteiger partial charge in [-0.05, 0) is 44.6 Å². The van der Waals surface area contributed by atoms with E-state index < -0.39 is 22.7 Å². The molecule has 0 saturated carbocycles. The van der Waals surface area contributed by atoms with Crippen LogP contribution in [0.5, 0.6) is 5.75 Å². The van der Waals surface area contributed by atoms with E-state index in [-0.39, 0.29) is 18.2 Å². The molecule has 1 N–H and O–H groups in total. The van der Waals surface area contributed by atoms with Crippen molar-refractivity contribution in [3.63, 3.8) is 0 Å². The van der Waals surface area contributed by atoms with E-state index in [9.17, 15) is 14.7 Å². The van der Waals surface area contributed by atoms with Crippen LogP contribution >= 0.6 is 0 Å². The molecule has 1 aromatic carbocycles. The summed E-state index contributed by atoms with van der Waals surface area (Å²) in [6.45, 7) is 8.42. The van der Waals surface area contributed by atoms with Crippen molar-refractivity contribution in [1.82, 2.24) is 9.80 Å². The monoisotopic (exact) mass is 445 g/mol. The first kappa shape index (κ1) is 20.4. The Bertz CT molecular complexity index is 1250. The van der Waals surface area contributed by atoms with Gasteiger partial charge in [-0.25, -0.2) is 0 Å². The molecule has 7 nitrogen and oxygen atoms in total. The molecule has 0 spiro atoms. The fraction of sp³-hybridized carbons (Fsp3) is 0.423. The van der Waals surface area contributed by atoms with Crippen molar-refractivity contribution in [3.05, 3.63) is 53.4 Å². The van der Waals surface area contributed by atoms with Crippen LogP contribution in [-0.4, -0.2) is 50.6 Å². The average Bonchev–Trinajstić information content (AvgIpc) is 3.34. The third-order valence-corrected chi connectivity index (χ3v) is 7.33. The van der Waals surface area contributed by atoms with Crippen molar-refractivity contribution in [3.8, 4) is 5.75 Å². The Kier molecular flexibility index (Phi) is 3.85. The molecular formula is C26H27N3O4. The Morgan fingerprint density at radius 2 is 1.94 bits per heavy atom. The number of aliphatic hydroxyl groups is 1. The van der Waals surface area contributed by atoms with Gasteiger partial charge in [0.2, 0.25) is 5.91 Å². The van der Waals surface area contributed by atoms with Crippen LogP contribution in [0.15, 0.2) is 47.3 Å². The number of nitrogens with zero attached hydrogens (tertiary/aromatic N) is 3. The third kappa shape index (κ3) is 2.69. The second-order valence-electron chi connectivity index (χ2n) is 10.6. The maximum absolute atomic E-state index is 13.4. The maximum atomic E-state index is 13.4. The second kappa shape index (κ2) is 6.23. The number of benzene rings is 1. The summed E-state index contributed by atoms with van der Waals surface area (Å²) in [5, 5.41) is 12.2. The second-order valence-corrected chi connectivity index (χ2v) is 10.6. The van der Waals surface area contributed by atoms with Crippen molar-refractivity contribution in [2.75, 3.05) is 6.54 Å². The Labute approximate surface area is 192 Å². The number of aliphatic imine (C=N–C) groups is 1. The smallest absolute Gasteiger partial charge is 0.274 e. The standard InChI is InChI=1S/C26H27N3O4/c1-24(2)11-13-29-18(22(31)28-12-5-6-17(28)21(29)30)14-26(32)16-7-8-19-15(20(16)27-23(24)26)9-10-25(3,4)33-19/h6-11,13,18,32H,5,12,14H2,1-4H3/b13-11-. The number of allylic oxidation sites excluding steroid dienone is 1. The summed E-state index contributed by atoms with van der Waals surface area (Å²) in [5.74, 6) is 0.358. The predicted molar refractivity (Wildman–Crippen MR) is 124 cm³/mol. The predicted octanol–water partition coefficient (Wildman–Crippen LogP) is 3.42. The molecular weight excluding hydrogens is 418 g/mol. The average molecular weight is 446 g/mol. The van der Waals surface area contributed by atoms with Gasteiger partial charge < -0.3 is 19.6 Å². The highest BCUT2D eigenvalue weighted by atomic mass is 16.5. The molecule has 0 bridgehead atoms. The molecule has 1 saturated heterocycles. The lowest BCUT2D eigenvalue weighted by molar-refractivity contribution is -0.149. The van der Waals surface area contributed by atoms with Crippen LogP contribution in [0.25, 0.3) is 6.08 Å². The first-order valence-electron chi connectivity index (χ1n) is 11.4. The molecule has 6 rings (SSSR count). The number of rotatable bonds is 0. The van der Waals surface area contributed by atoms with Crippen LogP contribution in [-0.2, 0) is 15.2 Å². The van der Waals surface area contributed by atoms with E-state index in [4.69, 9.17) is 9.73 Å². The van der Waals surface area contributed by atoms with Crippen LogP contribution in [0.1, 0.15) is 51.7 Å². The molecule has 2 amide bonds. The fourth-order valence-electron chi connectivity index (χ4n) is 5.66. The van der Waals surface area contributed by atoms with Crippen molar-refractivity contribution in [2.45, 2.75) is 57.8 Å². The lowest BCUT2D eigenvalue weighted by atomic mass is 9.71. The van der Waals surface area contributed by atoms with Gasteiger partial charge in [0.05, 0.1) is 11.4 Å². The number of carbonyl (C=O) groups is 2. The molecule has 7 heteroatoms. The zero-order valence-electron chi connectivity index (χ0n) is 19.3. The highest BCUT2D eigenvalue weighted by Gasteiger charge is 2.55. The maximum Gasteiger partial charge on any atom is 0.274 e. The van der Waals surface area contributed by atoms with Crippen molar-refractivity contribution >= 4 is 29.3 Å².